The Morgan fingerprint density at radius 2 is 2.08 bits per heavy atom. The normalized spacial score (nSPS) is 15.1. The Morgan fingerprint density at radius 1 is 1.35 bits per heavy atom. The summed E-state index contributed by atoms with van der Waals surface area (Å²) in [6.07, 6.45) is 0. The van der Waals surface area contributed by atoms with Gasteiger partial charge >= 0.3 is 0 Å². The molecule has 0 bridgehead atoms. The molecule has 0 saturated carbocycles. The van der Waals surface area contributed by atoms with E-state index in [1.165, 1.54) is 14.0 Å². The van der Waals surface area contributed by atoms with Crippen molar-refractivity contribution >= 4 is 28.4 Å². The molecule has 3 aromatic rings. The number of carbonyl (C=O) groups is 1. The third-order valence-corrected chi connectivity index (χ3v) is 4.86. The number of nitrogens with one attached hydrogen (secondary N) is 3. The summed E-state index contributed by atoms with van der Waals surface area (Å²) in [5.41, 5.74) is 9.71. The maximum absolute atomic E-state index is 11.6. The number of aromatic amines is 1. The fourth-order valence-electron chi connectivity index (χ4n) is 3.32. The highest BCUT2D eigenvalue weighted by Gasteiger charge is 2.30. The molecule has 0 amide bonds. The van der Waals surface area contributed by atoms with Crippen molar-refractivity contribution < 1.29 is 9.53 Å². The van der Waals surface area contributed by atoms with Crippen LogP contribution in [0, 0.1) is 0 Å². The SMILES string of the molecule is COc1nc2c(C3CNNC3)c(-c3n[nH]c(C(C)=O)n3)n(C)c2cc1Cl. The van der Waals surface area contributed by atoms with Crippen molar-refractivity contribution in [2.24, 2.45) is 7.05 Å². The van der Waals surface area contributed by atoms with E-state index in [1.54, 1.807) is 0 Å². The highest BCUT2D eigenvalue weighted by atomic mass is 35.5. The predicted molar refractivity (Wildman–Crippen MR) is 96.4 cm³/mol. The van der Waals surface area contributed by atoms with E-state index in [0.29, 0.717) is 16.7 Å². The van der Waals surface area contributed by atoms with Crippen LogP contribution in [0.4, 0.5) is 0 Å². The number of hydrogen-bond donors (Lipinski definition) is 3. The van der Waals surface area contributed by atoms with Gasteiger partial charge in [0, 0.05) is 38.5 Å². The molecule has 3 aromatic heterocycles. The monoisotopic (exact) mass is 375 g/mol. The van der Waals surface area contributed by atoms with Crippen LogP contribution in [-0.4, -0.2) is 50.7 Å². The molecule has 10 heteroatoms. The zero-order chi connectivity index (χ0) is 18.4. The summed E-state index contributed by atoms with van der Waals surface area (Å²) in [5, 5.41) is 7.38. The number of aryl methyl sites for hydroxylation is 1. The summed E-state index contributed by atoms with van der Waals surface area (Å²) in [7, 11) is 3.45. The van der Waals surface area contributed by atoms with Crippen molar-refractivity contribution in [1.29, 1.82) is 0 Å². The lowest BCUT2D eigenvalue weighted by molar-refractivity contribution is 0.100. The van der Waals surface area contributed by atoms with Crippen LogP contribution >= 0.6 is 11.6 Å². The second kappa shape index (κ2) is 6.35. The van der Waals surface area contributed by atoms with Crippen LogP contribution < -0.4 is 15.6 Å². The van der Waals surface area contributed by atoms with E-state index in [1.807, 2.05) is 17.7 Å². The van der Waals surface area contributed by atoms with Gasteiger partial charge in [0.25, 0.3) is 0 Å². The van der Waals surface area contributed by atoms with Gasteiger partial charge < -0.3 is 9.30 Å². The summed E-state index contributed by atoms with van der Waals surface area (Å²) in [4.78, 5) is 20.6. The van der Waals surface area contributed by atoms with Gasteiger partial charge in [0.1, 0.15) is 5.02 Å². The van der Waals surface area contributed by atoms with Gasteiger partial charge in [-0.15, -0.1) is 0 Å². The Kier molecular flexibility index (Phi) is 4.14. The standard InChI is InChI=1S/C16H18ClN7O2/c1-7(25)14-21-15(23-22-14)13-11(8-5-18-19-6-8)12-10(24(13)2)4-9(17)16(20-12)26-3/h4,8,18-19H,5-6H2,1-3H3,(H,21,22,23). The number of pyridine rings is 1. The van der Waals surface area contributed by atoms with Crippen molar-refractivity contribution in [3.8, 4) is 17.4 Å². The quantitative estimate of drug-likeness (QED) is 0.591. The molecule has 4 rings (SSSR count). The fourth-order valence-corrected chi connectivity index (χ4v) is 3.54. The van der Waals surface area contributed by atoms with Crippen LogP contribution in [0.25, 0.3) is 22.6 Å². The summed E-state index contributed by atoms with van der Waals surface area (Å²) >= 11 is 6.28. The fraction of sp³-hybridized carbons (Fsp3) is 0.375. The van der Waals surface area contributed by atoms with Gasteiger partial charge in [-0.05, 0) is 6.07 Å². The molecule has 0 aromatic carbocycles. The summed E-state index contributed by atoms with van der Waals surface area (Å²) < 4.78 is 7.25. The first-order valence-corrected chi connectivity index (χ1v) is 8.51. The number of carbonyl (C=O) groups excluding carboxylic acids is 1. The van der Waals surface area contributed by atoms with Gasteiger partial charge in [0.2, 0.25) is 5.88 Å². The number of ether oxygens (including phenoxy) is 1. The number of hydrogen-bond acceptors (Lipinski definition) is 7. The first-order chi connectivity index (χ1) is 12.5. The zero-order valence-corrected chi connectivity index (χ0v) is 15.3. The van der Waals surface area contributed by atoms with Crippen LogP contribution in [0.2, 0.25) is 5.02 Å². The highest BCUT2D eigenvalue weighted by molar-refractivity contribution is 6.32. The molecule has 1 aliphatic heterocycles. The van der Waals surface area contributed by atoms with Gasteiger partial charge in [-0.1, -0.05) is 11.6 Å². The summed E-state index contributed by atoms with van der Waals surface area (Å²) in [6.45, 7) is 2.93. The Labute approximate surface area is 154 Å². The number of fused-ring (bicyclic) bond motifs is 1. The van der Waals surface area contributed by atoms with Crippen molar-refractivity contribution in [3.05, 3.63) is 22.5 Å². The van der Waals surface area contributed by atoms with E-state index in [9.17, 15) is 4.79 Å². The number of hydrazine groups is 1. The van der Waals surface area contributed by atoms with E-state index in [4.69, 9.17) is 16.3 Å². The molecule has 0 atom stereocenters. The number of halogens is 1. The van der Waals surface area contributed by atoms with Gasteiger partial charge in [0.15, 0.2) is 17.4 Å². The Hall–Kier alpha value is -2.49. The Balaban J connectivity index is 2.01. The topological polar surface area (TPSA) is 110 Å². The summed E-state index contributed by atoms with van der Waals surface area (Å²) in [5.74, 6) is 1.04. The molecule has 26 heavy (non-hydrogen) atoms. The van der Waals surface area contributed by atoms with Crippen molar-refractivity contribution in [1.82, 2.24) is 35.6 Å². The summed E-state index contributed by atoms with van der Waals surface area (Å²) in [6, 6.07) is 1.82. The van der Waals surface area contributed by atoms with Gasteiger partial charge in [-0.25, -0.2) is 9.97 Å². The second-order valence-corrected chi connectivity index (χ2v) is 6.60. The number of rotatable bonds is 4. The predicted octanol–water partition coefficient (Wildman–Crippen LogP) is 1.41. The minimum absolute atomic E-state index is 0.159. The van der Waals surface area contributed by atoms with Gasteiger partial charge in [0.05, 0.1) is 23.8 Å². The number of aromatic nitrogens is 5. The molecule has 3 N–H and O–H groups in total. The van der Waals surface area contributed by atoms with Gasteiger partial charge in [-0.3, -0.25) is 20.7 Å². The number of H-pyrrole nitrogens is 1. The minimum Gasteiger partial charge on any atom is -0.480 e. The molecule has 0 spiro atoms. The number of nitrogens with zero attached hydrogens (tertiary/aromatic N) is 4. The van der Waals surface area contributed by atoms with E-state index in [2.05, 4.69) is 31.0 Å². The first kappa shape index (κ1) is 17.0. The van der Waals surface area contributed by atoms with E-state index in [-0.39, 0.29) is 17.5 Å². The van der Waals surface area contributed by atoms with Crippen molar-refractivity contribution in [2.75, 3.05) is 20.2 Å². The van der Waals surface area contributed by atoms with Crippen LogP contribution in [-0.2, 0) is 7.05 Å². The third-order valence-electron chi connectivity index (χ3n) is 4.58. The molecule has 1 saturated heterocycles. The largest absolute Gasteiger partial charge is 0.480 e. The molecular weight excluding hydrogens is 358 g/mol. The smallest absolute Gasteiger partial charge is 0.233 e. The maximum atomic E-state index is 11.6. The molecule has 0 radical (unpaired) electrons. The van der Waals surface area contributed by atoms with Crippen LogP contribution in [0.1, 0.15) is 29.0 Å². The number of ketones is 1. The maximum Gasteiger partial charge on any atom is 0.233 e. The van der Waals surface area contributed by atoms with Crippen LogP contribution in [0.15, 0.2) is 6.07 Å². The molecule has 0 aliphatic carbocycles. The molecule has 4 heterocycles. The Morgan fingerprint density at radius 3 is 2.69 bits per heavy atom. The lowest BCUT2D eigenvalue weighted by atomic mass is 9.98. The van der Waals surface area contributed by atoms with Crippen LogP contribution in [0.3, 0.4) is 0 Å². The van der Waals surface area contributed by atoms with E-state index < -0.39 is 0 Å². The van der Waals surface area contributed by atoms with E-state index in [0.717, 1.165) is 35.4 Å². The van der Waals surface area contributed by atoms with Gasteiger partial charge in [-0.2, -0.15) is 5.10 Å². The minimum atomic E-state index is -0.170. The van der Waals surface area contributed by atoms with Crippen LogP contribution in [0.5, 0.6) is 5.88 Å². The molecule has 0 unspecified atom stereocenters. The number of methoxy groups -OCH3 is 1. The van der Waals surface area contributed by atoms with E-state index >= 15 is 0 Å². The average Bonchev–Trinajstić information content (AvgIpc) is 3.34. The second-order valence-electron chi connectivity index (χ2n) is 6.19. The molecule has 1 fully saturated rings. The van der Waals surface area contributed by atoms with Crippen molar-refractivity contribution in [2.45, 2.75) is 12.8 Å². The molecule has 136 valence electrons. The molecule has 9 nitrogen and oxygen atoms in total. The van der Waals surface area contributed by atoms with Crippen molar-refractivity contribution in [3.63, 3.8) is 0 Å². The third kappa shape index (κ3) is 2.56. The number of Topliss-reactive ketones (excluding diaryl/α,β-unsaturated/α-hetero) is 1. The molecule has 1 aliphatic rings. The lowest BCUT2D eigenvalue weighted by Crippen LogP contribution is -2.21. The molecular formula is C16H18ClN7O2. The Bertz CT molecular complexity index is 1000. The first-order valence-electron chi connectivity index (χ1n) is 8.13. The lowest BCUT2D eigenvalue weighted by Gasteiger charge is -2.09. The zero-order valence-electron chi connectivity index (χ0n) is 14.6. The highest BCUT2D eigenvalue weighted by Crippen LogP contribution is 2.39. The average molecular weight is 376 g/mol.